The maximum Gasteiger partial charge on any atom is 0.187 e. The van der Waals surface area contributed by atoms with Gasteiger partial charge in [0.05, 0.1) is 30.9 Å². The average Bonchev–Trinajstić information content (AvgIpc) is 3.40. The number of rotatable bonds is 11. The monoisotopic (exact) mass is 628 g/mol. The van der Waals surface area contributed by atoms with Crippen molar-refractivity contribution in [2.75, 3.05) is 19.8 Å². The van der Waals surface area contributed by atoms with E-state index in [0.29, 0.717) is 0 Å². The molecule has 0 saturated carbocycles. The van der Waals surface area contributed by atoms with Gasteiger partial charge in [0.25, 0.3) is 0 Å². The van der Waals surface area contributed by atoms with Crippen molar-refractivity contribution in [3.63, 3.8) is 0 Å². The Bertz CT molecular complexity index is 1170. The van der Waals surface area contributed by atoms with Crippen LogP contribution in [-0.2, 0) is 18.9 Å². The van der Waals surface area contributed by atoms with Gasteiger partial charge in [-0.05, 0) is 0 Å². The van der Waals surface area contributed by atoms with Crippen LogP contribution >= 0.6 is 0 Å². The molecule has 2 aromatic rings. The Kier molecular flexibility index (Phi) is 11.0. The van der Waals surface area contributed by atoms with Gasteiger partial charge in [-0.1, -0.05) is 0 Å². The Morgan fingerprint density at radius 2 is 1.42 bits per heavy atom. The number of halogens is 2. The van der Waals surface area contributed by atoms with Crippen molar-refractivity contribution in [2.45, 2.75) is 85.8 Å². The van der Waals surface area contributed by atoms with Crippen molar-refractivity contribution in [3.05, 3.63) is 29.6 Å². The summed E-state index contributed by atoms with van der Waals surface area (Å²) in [5.41, 5.74) is -0.170. The summed E-state index contributed by atoms with van der Waals surface area (Å²) in [4.78, 5) is 6.35. The number of ether oxygens (including phenoxy) is 4. The number of aliphatic hydroxyl groups excluding tert-OH is 11. The summed E-state index contributed by atoms with van der Waals surface area (Å²) in [6, 6.07) is 1.48. The molecule has 0 amide bonds. The summed E-state index contributed by atoms with van der Waals surface area (Å²) in [6.45, 7) is -2.76. The first-order valence-electron chi connectivity index (χ1n) is 13.1. The number of nitrogens with one attached hydrogen (secondary N) is 1. The minimum Gasteiger partial charge on any atom is -0.394 e. The Hall–Kier alpha value is -2.05. The van der Waals surface area contributed by atoms with Gasteiger partial charge in [-0.2, -0.15) is 0 Å². The molecule has 17 nitrogen and oxygen atoms in total. The number of fused-ring (bicyclic) bond motifs is 1. The summed E-state index contributed by atoms with van der Waals surface area (Å²) >= 11 is 0. The van der Waals surface area contributed by atoms with Gasteiger partial charge in [-0.15, -0.1) is 0 Å². The van der Waals surface area contributed by atoms with Gasteiger partial charge in [0.2, 0.25) is 0 Å². The largest absolute Gasteiger partial charge is 0.394 e. The summed E-state index contributed by atoms with van der Waals surface area (Å²) in [7, 11) is 0. The number of benzene rings is 1. The van der Waals surface area contributed by atoms with Crippen LogP contribution in [0.1, 0.15) is 11.9 Å². The Morgan fingerprint density at radius 1 is 0.814 bits per heavy atom. The van der Waals surface area contributed by atoms with Crippen molar-refractivity contribution in [1.29, 1.82) is 0 Å². The van der Waals surface area contributed by atoms with Gasteiger partial charge in [-0.25, -0.2) is 13.8 Å². The van der Waals surface area contributed by atoms with Gasteiger partial charge in [0.1, 0.15) is 79.1 Å². The molecular weight excluding hydrogens is 594 g/mol. The van der Waals surface area contributed by atoms with E-state index in [9.17, 15) is 65.0 Å². The van der Waals surface area contributed by atoms with E-state index in [2.05, 4.69) is 9.97 Å². The Labute approximate surface area is 240 Å². The number of H-pyrrole nitrogens is 1. The first kappa shape index (κ1) is 33.8. The lowest BCUT2D eigenvalue weighted by molar-refractivity contribution is -0.368. The molecule has 1 aromatic heterocycles. The second kappa shape index (κ2) is 13.9. The predicted molar refractivity (Wildman–Crippen MR) is 131 cm³/mol. The number of imidazole rings is 1. The molecule has 6 unspecified atom stereocenters. The zero-order valence-electron chi connectivity index (χ0n) is 22.1. The lowest BCUT2D eigenvalue weighted by atomic mass is 9.96. The number of aliphatic hydroxyl groups is 11. The average molecular weight is 629 g/mol. The van der Waals surface area contributed by atoms with Gasteiger partial charge in [0, 0.05) is 12.1 Å². The molecule has 12 N–H and O–H groups in total. The van der Waals surface area contributed by atoms with Crippen molar-refractivity contribution in [1.82, 2.24) is 9.97 Å². The van der Waals surface area contributed by atoms with Crippen LogP contribution in [0.4, 0.5) is 8.78 Å². The SMILES string of the molecule is OCC1O[C@H](O[C@@H]2C(CO)O[C@H](O[C@H](C(O)CO)[C@H](O)C(O)c3nc4cc(F)c(F)cc4[nH]3)C(O)[C@H]2O)C(O)[C@@H](O)[C@@H]1O. The number of hydrogen-bond acceptors (Lipinski definition) is 16. The number of aromatic amines is 1. The van der Waals surface area contributed by atoms with Crippen LogP contribution < -0.4 is 0 Å². The third-order valence-electron chi connectivity index (χ3n) is 7.30. The lowest BCUT2D eigenvalue weighted by Gasteiger charge is -2.46. The molecule has 0 bridgehead atoms. The minimum absolute atomic E-state index is 0.0503. The van der Waals surface area contributed by atoms with Gasteiger partial charge in [0.15, 0.2) is 24.2 Å². The van der Waals surface area contributed by atoms with Crippen LogP contribution in [0.2, 0.25) is 0 Å². The van der Waals surface area contributed by atoms with E-state index in [-0.39, 0.29) is 11.0 Å². The van der Waals surface area contributed by atoms with E-state index in [1.165, 1.54) is 0 Å². The summed E-state index contributed by atoms with van der Waals surface area (Å²) in [6.07, 6.45) is -26.0. The second-order valence-corrected chi connectivity index (χ2v) is 10.2. The smallest absolute Gasteiger partial charge is 0.187 e. The maximum absolute atomic E-state index is 13.6. The van der Waals surface area contributed by atoms with E-state index in [0.717, 1.165) is 12.1 Å². The molecule has 0 radical (unpaired) electrons. The molecule has 0 spiro atoms. The van der Waals surface area contributed by atoms with E-state index in [1.54, 1.807) is 0 Å². The third kappa shape index (κ3) is 6.81. The molecule has 2 aliphatic rings. The van der Waals surface area contributed by atoms with Crippen LogP contribution in [0.15, 0.2) is 12.1 Å². The molecule has 2 aliphatic heterocycles. The highest BCUT2D eigenvalue weighted by atomic mass is 19.2. The van der Waals surface area contributed by atoms with Crippen LogP contribution in [0.5, 0.6) is 0 Å². The summed E-state index contributed by atoms with van der Waals surface area (Å²) < 4.78 is 48.7. The quantitative estimate of drug-likeness (QED) is 0.111. The van der Waals surface area contributed by atoms with E-state index in [4.69, 9.17) is 18.9 Å². The van der Waals surface area contributed by atoms with Gasteiger partial charge in [-0.3, -0.25) is 0 Å². The Balaban J connectivity index is 1.50. The van der Waals surface area contributed by atoms with Crippen LogP contribution in [0.25, 0.3) is 11.0 Å². The zero-order valence-corrected chi connectivity index (χ0v) is 22.1. The highest BCUT2D eigenvalue weighted by molar-refractivity contribution is 5.75. The number of nitrogens with zero attached hydrogens (tertiary/aromatic N) is 1. The minimum atomic E-state index is -2.15. The molecular formula is C24H34F2N2O15. The molecule has 0 aliphatic carbocycles. The standard InChI is InChI=1S/C24H34F2N2O15/c25-6-1-8-9(2-7(6)26)28-22(27-8)17(37)15(35)20(10(32)3-29)42-24-19(39)16(36)21(12(5-31)41-24)43-23-18(38)14(34)13(33)11(4-30)40-23/h1-2,10-21,23-24,29-39H,3-5H2,(H,27,28)/t10?,11?,12?,13-,14+,15-,16-,17?,18?,19?,20-,21-,23-,24-/m1/s1. The highest BCUT2D eigenvalue weighted by Crippen LogP contribution is 2.32. The van der Waals surface area contributed by atoms with Crippen molar-refractivity contribution < 1.29 is 83.9 Å². The van der Waals surface area contributed by atoms with Gasteiger partial charge >= 0.3 is 0 Å². The first-order valence-corrected chi connectivity index (χ1v) is 13.1. The molecule has 2 saturated heterocycles. The lowest BCUT2D eigenvalue weighted by Crippen LogP contribution is -2.65. The zero-order chi connectivity index (χ0) is 31.7. The van der Waals surface area contributed by atoms with E-state index >= 15 is 0 Å². The fourth-order valence-corrected chi connectivity index (χ4v) is 4.83. The van der Waals surface area contributed by atoms with E-state index < -0.39 is 123 Å². The predicted octanol–water partition coefficient (Wildman–Crippen LogP) is -5.40. The number of aromatic nitrogens is 2. The fourth-order valence-electron chi connectivity index (χ4n) is 4.83. The Morgan fingerprint density at radius 3 is 2.05 bits per heavy atom. The number of hydrogen-bond donors (Lipinski definition) is 12. The topological polar surface area (TPSA) is 288 Å². The molecule has 43 heavy (non-hydrogen) atoms. The summed E-state index contributed by atoms with van der Waals surface area (Å²) in [5, 5.41) is 112. The van der Waals surface area contributed by atoms with Crippen molar-refractivity contribution >= 4 is 11.0 Å². The van der Waals surface area contributed by atoms with E-state index in [1.807, 2.05) is 0 Å². The summed E-state index contributed by atoms with van der Waals surface area (Å²) in [5.74, 6) is -2.87. The molecule has 14 atom stereocenters. The molecule has 2 fully saturated rings. The first-order chi connectivity index (χ1) is 20.3. The maximum atomic E-state index is 13.6. The second-order valence-electron chi connectivity index (χ2n) is 10.2. The third-order valence-corrected chi connectivity index (χ3v) is 7.30. The normalized spacial score (nSPS) is 36.4. The highest BCUT2D eigenvalue weighted by Gasteiger charge is 2.52. The fraction of sp³-hybridized carbons (Fsp3) is 0.708. The van der Waals surface area contributed by atoms with Gasteiger partial charge < -0.3 is 80.1 Å². The van der Waals surface area contributed by atoms with Crippen molar-refractivity contribution in [3.8, 4) is 0 Å². The van der Waals surface area contributed by atoms with Crippen LogP contribution in [-0.4, -0.2) is 166 Å². The molecule has 1 aromatic carbocycles. The van der Waals surface area contributed by atoms with Crippen molar-refractivity contribution in [2.24, 2.45) is 0 Å². The molecule has 4 rings (SSSR count). The molecule has 19 heteroatoms. The van der Waals surface area contributed by atoms with Crippen LogP contribution in [0, 0.1) is 11.6 Å². The van der Waals surface area contributed by atoms with Crippen LogP contribution in [0.3, 0.4) is 0 Å². The molecule has 244 valence electrons. The molecule has 3 heterocycles.